The first-order chi connectivity index (χ1) is 9.95. The van der Waals surface area contributed by atoms with Gasteiger partial charge < -0.3 is 9.64 Å². The second-order valence-corrected chi connectivity index (χ2v) is 5.92. The van der Waals surface area contributed by atoms with Gasteiger partial charge in [-0.2, -0.15) is 0 Å². The molecule has 0 N–H and O–H groups in total. The lowest BCUT2D eigenvalue weighted by Crippen LogP contribution is -2.37. The summed E-state index contributed by atoms with van der Waals surface area (Å²) < 4.78 is 4.93. The molecule has 0 bridgehead atoms. The third-order valence-electron chi connectivity index (χ3n) is 4.66. The van der Waals surface area contributed by atoms with Gasteiger partial charge in [-0.05, 0) is 25.8 Å². The number of amides is 1. The van der Waals surface area contributed by atoms with Crippen LogP contribution in [0.3, 0.4) is 0 Å². The van der Waals surface area contributed by atoms with Gasteiger partial charge in [-0.1, -0.05) is 37.3 Å². The summed E-state index contributed by atoms with van der Waals surface area (Å²) in [6, 6.07) is 9.85. The van der Waals surface area contributed by atoms with Gasteiger partial charge in [0, 0.05) is 6.54 Å². The van der Waals surface area contributed by atoms with Crippen molar-refractivity contribution in [1.82, 2.24) is 4.90 Å². The number of carbonyl (C=O) groups excluding carboxylic acids is 2. The zero-order valence-electron chi connectivity index (χ0n) is 13.1. The van der Waals surface area contributed by atoms with Crippen LogP contribution in [0.4, 0.5) is 0 Å². The van der Waals surface area contributed by atoms with E-state index in [4.69, 9.17) is 4.74 Å². The zero-order chi connectivity index (χ0) is 15.6. The van der Waals surface area contributed by atoms with Gasteiger partial charge in [0.05, 0.1) is 24.5 Å². The molecule has 3 atom stereocenters. The van der Waals surface area contributed by atoms with E-state index in [0.717, 1.165) is 5.56 Å². The van der Waals surface area contributed by atoms with Gasteiger partial charge in [0.2, 0.25) is 5.91 Å². The summed E-state index contributed by atoms with van der Waals surface area (Å²) in [6.07, 6.45) is 0.641. The van der Waals surface area contributed by atoms with E-state index in [-0.39, 0.29) is 23.8 Å². The van der Waals surface area contributed by atoms with Crippen LogP contribution >= 0.6 is 0 Å². The summed E-state index contributed by atoms with van der Waals surface area (Å²) in [5.74, 6) is -0.566. The molecule has 1 amide bonds. The van der Waals surface area contributed by atoms with Crippen LogP contribution in [0.2, 0.25) is 0 Å². The van der Waals surface area contributed by atoms with Gasteiger partial charge in [0.25, 0.3) is 0 Å². The second kappa shape index (κ2) is 5.88. The summed E-state index contributed by atoms with van der Waals surface area (Å²) in [7, 11) is 1.38. The number of likely N-dealkylation sites (tertiary alicyclic amines) is 1. The van der Waals surface area contributed by atoms with Crippen molar-refractivity contribution in [3.63, 3.8) is 0 Å². The van der Waals surface area contributed by atoms with E-state index in [1.165, 1.54) is 7.11 Å². The fourth-order valence-corrected chi connectivity index (χ4v) is 3.32. The number of hydrogen-bond donors (Lipinski definition) is 0. The fourth-order valence-electron chi connectivity index (χ4n) is 3.32. The van der Waals surface area contributed by atoms with E-state index in [1.807, 2.05) is 51.1 Å². The van der Waals surface area contributed by atoms with Crippen LogP contribution in [0.1, 0.15) is 38.8 Å². The highest BCUT2D eigenvalue weighted by Gasteiger charge is 2.54. The Labute approximate surface area is 126 Å². The summed E-state index contributed by atoms with van der Waals surface area (Å²) in [5, 5.41) is 0. The number of carbonyl (C=O) groups is 2. The predicted octanol–water partition coefficient (Wildman–Crippen LogP) is 2.80. The summed E-state index contributed by atoms with van der Waals surface area (Å²) in [4.78, 5) is 26.7. The molecular weight excluding hydrogens is 266 g/mol. The standard InChI is InChI=1S/C17H23NO3/c1-5-14-15(19)18(11-17(14,3)16(20)21-4)12(2)13-9-7-6-8-10-13/h6-10,12,14H,5,11H2,1-4H3. The first-order valence-electron chi connectivity index (χ1n) is 7.39. The van der Waals surface area contributed by atoms with Gasteiger partial charge >= 0.3 is 5.97 Å². The monoisotopic (exact) mass is 289 g/mol. The Morgan fingerprint density at radius 2 is 2.05 bits per heavy atom. The summed E-state index contributed by atoms with van der Waals surface area (Å²) in [5.41, 5.74) is 0.318. The van der Waals surface area contributed by atoms with Gasteiger partial charge in [0.15, 0.2) is 0 Å². The number of nitrogens with zero attached hydrogens (tertiary/aromatic N) is 1. The SMILES string of the molecule is CCC1C(=O)N(C(C)c2ccccc2)CC1(C)C(=O)OC. The average molecular weight is 289 g/mol. The third kappa shape index (κ3) is 2.55. The van der Waals surface area contributed by atoms with Crippen molar-refractivity contribution in [1.29, 1.82) is 0 Å². The maximum atomic E-state index is 12.7. The molecule has 3 unspecified atom stereocenters. The molecular formula is C17H23NO3. The molecule has 1 heterocycles. The molecule has 114 valence electrons. The average Bonchev–Trinajstić information content (AvgIpc) is 2.78. The summed E-state index contributed by atoms with van der Waals surface area (Å²) >= 11 is 0. The molecule has 0 radical (unpaired) electrons. The van der Waals surface area contributed by atoms with E-state index in [0.29, 0.717) is 13.0 Å². The summed E-state index contributed by atoms with van der Waals surface area (Å²) in [6.45, 7) is 6.19. The maximum Gasteiger partial charge on any atom is 0.314 e. The number of esters is 1. The zero-order valence-corrected chi connectivity index (χ0v) is 13.1. The molecule has 2 rings (SSSR count). The van der Waals surface area contributed by atoms with Crippen molar-refractivity contribution >= 4 is 11.9 Å². The molecule has 21 heavy (non-hydrogen) atoms. The van der Waals surface area contributed by atoms with E-state index in [2.05, 4.69) is 0 Å². The van der Waals surface area contributed by atoms with Crippen LogP contribution < -0.4 is 0 Å². The number of rotatable bonds is 4. The van der Waals surface area contributed by atoms with Gasteiger partial charge in [-0.3, -0.25) is 9.59 Å². The van der Waals surface area contributed by atoms with Crippen molar-refractivity contribution < 1.29 is 14.3 Å². The number of hydrogen-bond acceptors (Lipinski definition) is 3. The highest BCUT2D eigenvalue weighted by Crippen LogP contribution is 2.43. The molecule has 0 aliphatic carbocycles. The normalized spacial score (nSPS) is 26.8. The Morgan fingerprint density at radius 1 is 1.43 bits per heavy atom. The Hall–Kier alpha value is -1.84. The minimum absolute atomic E-state index is 0.0424. The lowest BCUT2D eigenvalue weighted by atomic mass is 9.78. The van der Waals surface area contributed by atoms with Crippen LogP contribution in [0.15, 0.2) is 30.3 Å². The predicted molar refractivity (Wildman–Crippen MR) is 80.5 cm³/mol. The van der Waals surface area contributed by atoms with E-state index < -0.39 is 5.41 Å². The van der Waals surface area contributed by atoms with Crippen molar-refractivity contribution in [3.8, 4) is 0 Å². The van der Waals surface area contributed by atoms with E-state index >= 15 is 0 Å². The second-order valence-electron chi connectivity index (χ2n) is 5.92. The lowest BCUT2D eigenvalue weighted by Gasteiger charge is -2.27. The molecule has 1 saturated heterocycles. The molecule has 1 fully saturated rings. The highest BCUT2D eigenvalue weighted by molar-refractivity contribution is 5.91. The number of benzene rings is 1. The Balaban J connectivity index is 2.31. The number of ether oxygens (including phenoxy) is 1. The highest BCUT2D eigenvalue weighted by atomic mass is 16.5. The first-order valence-corrected chi connectivity index (χ1v) is 7.39. The van der Waals surface area contributed by atoms with E-state index in [9.17, 15) is 9.59 Å². The first kappa shape index (κ1) is 15.5. The van der Waals surface area contributed by atoms with Crippen molar-refractivity contribution in [2.75, 3.05) is 13.7 Å². The largest absolute Gasteiger partial charge is 0.469 e. The third-order valence-corrected chi connectivity index (χ3v) is 4.66. The smallest absolute Gasteiger partial charge is 0.314 e. The quantitative estimate of drug-likeness (QED) is 0.801. The topological polar surface area (TPSA) is 46.6 Å². The molecule has 0 spiro atoms. The van der Waals surface area contributed by atoms with Crippen molar-refractivity contribution in [2.24, 2.45) is 11.3 Å². The molecule has 1 aromatic rings. The fraction of sp³-hybridized carbons (Fsp3) is 0.529. The van der Waals surface area contributed by atoms with E-state index in [1.54, 1.807) is 4.90 Å². The molecule has 0 aromatic heterocycles. The van der Waals surface area contributed by atoms with Crippen LogP contribution in [-0.2, 0) is 14.3 Å². The van der Waals surface area contributed by atoms with Crippen LogP contribution in [0.5, 0.6) is 0 Å². The van der Waals surface area contributed by atoms with Crippen molar-refractivity contribution in [2.45, 2.75) is 33.2 Å². The van der Waals surface area contributed by atoms with Crippen molar-refractivity contribution in [3.05, 3.63) is 35.9 Å². The lowest BCUT2D eigenvalue weighted by molar-refractivity contribution is -0.154. The van der Waals surface area contributed by atoms with Crippen LogP contribution in [-0.4, -0.2) is 30.4 Å². The maximum absolute atomic E-state index is 12.7. The van der Waals surface area contributed by atoms with Gasteiger partial charge in [-0.25, -0.2) is 0 Å². The molecule has 1 aromatic carbocycles. The van der Waals surface area contributed by atoms with Crippen LogP contribution in [0, 0.1) is 11.3 Å². The van der Waals surface area contributed by atoms with Crippen LogP contribution in [0.25, 0.3) is 0 Å². The van der Waals surface area contributed by atoms with Gasteiger partial charge in [0.1, 0.15) is 0 Å². The molecule has 4 heteroatoms. The Kier molecular flexibility index (Phi) is 4.35. The Bertz CT molecular complexity index is 528. The molecule has 4 nitrogen and oxygen atoms in total. The molecule has 1 aliphatic heterocycles. The minimum atomic E-state index is -0.760. The number of methoxy groups -OCH3 is 1. The molecule has 0 saturated carbocycles. The Morgan fingerprint density at radius 3 is 2.57 bits per heavy atom. The van der Waals surface area contributed by atoms with Gasteiger partial charge in [-0.15, -0.1) is 0 Å². The molecule has 1 aliphatic rings. The minimum Gasteiger partial charge on any atom is -0.469 e.